The highest BCUT2D eigenvalue weighted by atomic mass is 32.2. The molecule has 1 N–H and O–H groups in total. The van der Waals surface area contributed by atoms with E-state index in [4.69, 9.17) is 4.74 Å². The van der Waals surface area contributed by atoms with Gasteiger partial charge in [-0.1, -0.05) is 0 Å². The standard InChI is InChI=1S/C11H20N2O2S/c1-2-13(6-9-4-3-5-15-9)11(14)10-7-16-8-12-10/h9-10,12H,2-8H2,1H3. The minimum absolute atomic E-state index is 0.0198. The van der Waals surface area contributed by atoms with Gasteiger partial charge < -0.3 is 9.64 Å². The number of amides is 1. The lowest BCUT2D eigenvalue weighted by molar-refractivity contribution is -0.134. The fraction of sp³-hybridized carbons (Fsp3) is 0.909. The first-order valence-electron chi connectivity index (χ1n) is 6.02. The second-order valence-corrected chi connectivity index (χ2v) is 5.31. The topological polar surface area (TPSA) is 41.6 Å². The molecule has 0 aromatic carbocycles. The fourth-order valence-electron chi connectivity index (χ4n) is 2.18. The van der Waals surface area contributed by atoms with Crippen molar-refractivity contribution in [1.82, 2.24) is 10.2 Å². The molecule has 4 nitrogen and oxygen atoms in total. The lowest BCUT2D eigenvalue weighted by atomic mass is 10.2. The summed E-state index contributed by atoms with van der Waals surface area (Å²) < 4.78 is 5.58. The molecule has 0 aromatic heterocycles. The van der Waals surface area contributed by atoms with Crippen molar-refractivity contribution in [2.75, 3.05) is 31.3 Å². The average Bonchev–Trinajstić information content (AvgIpc) is 2.97. The second-order valence-electron chi connectivity index (χ2n) is 4.28. The first-order valence-corrected chi connectivity index (χ1v) is 7.18. The molecule has 0 spiro atoms. The van der Waals surface area contributed by atoms with Gasteiger partial charge in [0, 0.05) is 31.3 Å². The predicted molar refractivity (Wildman–Crippen MR) is 65.5 cm³/mol. The maximum atomic E-state index is 12.2. The number of likely N-dealkylation sites (N-methyl/N-ethyl adjacent to an activating group) is 1. The summed E-state index contributed by atoms with van der Waals surface area (Å²) in [6.07, 6.45) is 2.49. The maximum Gasteiger partial charge on any atom is 0.240 e. The summed E-state index contributed by atoms with van der Waals surface area (Å²) in [5, 5.41) is 3.23. The van der Waals surface area contributed by atoms with Crippen molar-refractivity contribution in [2.45, 2.75) is 31.9 Å². The van der Waals surface area contributed by atoms with Crippen LogP contribution in [0, 0.1) is 0 Å². The predicted octanol–water partition coefficient (Wildman–Crippen LogP) is 0.676. The zero-order valence-electron chi connectivity index (χ0n) is 9.78. The number of hydrogen-bond acceptors (Lipinski definition) is 4. The molecule has 2 atom stereocenters. The van der Waals surface area contributed by atoms with Crippen molar-refractivity contribution >= 4 is 17.7 Å². The first-order chi connectivity index (χ1) is 7.81. The number of carbonyl (C=O) groups is 1. The highest BCUT2D eigenvalue weighted by molar-refractivity contribution is 7.99. The molecular formula is C11H20N2O2S. The number of nitrogens with zero attached hydrogens (tertiary/aromatic N) is 1. The van der Waals surface area contributed by atoms with Gasteiger partial charge in [0.1, 0.15) is 0 Å². The Bertz CT molecular complexity index is 238. The Kier molecular flexibility index (Phi) is 4.49. The summed E-state index contributed by atoms with van der Waals surface area (Å²) >= 11 is 1.79. The van der Waals surface area contributed by atoms with Crippen LogP contribution in [0.3, 0.4) is 0 Å². The van der Waals surface area contributed by atoms with Gasteiger partial charge in [0.05, 0.1) is 12.1 Å². The van der Waals surface area contributed by atoms with Crippen LogP contribution in [-0.4, -0.2) is 54.3 Å². The zero-order valence-corrected chi connectivity index (χ0v) is 10.6. The Morgan fingerprint density at radius 3 is 3.06 bits per heavy atom. The Morgan fingerprint density at radius 2 is 2.50 bits per heavy atom. The molecule has 2 fully saturated rings. The Labute approximate surface area is 101 Å². The molecule has 2 saturated heterocycles. The minimum atomic E-state index is 0.0198. The summed E-state index contributed by atoms with van der Waals surface area (Å²) in [6, 6.07) is 0.0198. The van der Waals surface area contributed by atoms with Crippen LogP contribution in [0.5, 0.6) is 0 Å². The highest BCUT2D eigenvalue weighted by Crippen LogP contribution is 2.16. The third-order valence-corrected chi connectivity index (χ3v) is 4.10. The van der Waals surface area contributed by atoms with Crippen LogP contribution in [0.4, 0.5) is 0 Å². The van der Waals surface area contributed by atoms with E-state index in [9.17, 15) is 4.79 Å². The van der Waals surface area contributed by atoms with Crippen molar-refractivity contribution < 1.29 is 9.53 Å². The van der Waals surface area contributed by atoms with Gasteiger partial charge in [-0.15, -0.1) is 11.8 Å². The molecular weight excluding hydrogens is 224 g/mol. The van der Waals surface area contributed by atoms with Gasteiger partial charge in [0.2, 0.25) is 5.91 Å². The van der Waals surface area contributed by atoms with Crippen molar-refractivity contribution in [3.63, 3.8) is 0 Å². The van der Waals surface area contributed by atoms with Gasteiger partial charge in [0.15, 0.2) is 0 Å². The second kappa shape index (κ2) is 5.89. The molecule has 0 bridgehead atoms. The molecule has 2 aliphatic heterocycles. The SMILES string of the molecule is CCN(CC1CCCO1)C(=O)C1CSCN1. The summed E-state index contributed by atoms with van der Waals surface area (Å²) in [4.78, 5) is 14.1. The third-order valence-electron chi connectivity index (χ3n) is 3.16. The van der Waals surface area contributed by atoms with Crippen molar-refractivity contribution in [2.24, 2.45) is 0 Å². The normalized spacial score (nSPS) is 29.6. The van der Waals surface area contributed by atoms with Gasteiger partial charge in [0.25, 0.3) is 0 Å². The molecule has 0 aromatic rings. The Hall–Kier alpha value is -0.260. The van der Waals surface area contributed by atoms with E-state index < -0.39 is 0 Å². The van der Waals surface area contributed by atoms with E-state index in [0.29, 0.717) is 0 Å². The fourth-order valence-corrected chi connectivity index (χ4v) is 3.12. The number of rotatable bonds is 4. The van der Waals surface area contributed by atoms with Gasteiger partial charge in [-0.3, -0.25) is 10.1 Å². The lowest BCUT2D eigenvalue weighted by Gasteiger charge is -2.26. The largest absolute Gasteiger partial charge is 0.376 e. The molecule has 0 radical (unpaired) electrons. The highest BCUT2D eigenvalue weighted by Gasteiger charge is 2.28. The van der Waals surface area contributed by atoms with Gasteiger partial charge in [-0.25, -0.2) is 0 Å². The Morgan fingerprint density at radius 1 is 1.62 bits per heavy atom. The van der Waals surface area contributed by atoms with Crippen LogP contribution < -0.4 is 5.32 Å². The summed E-state index contributed by atoms with van der Waals surface area (Å²) in [7, 11) is 0. The van der Waals surface area contributed by atoms with E-state index >= 15 is 0 Å². The molecule has 1 amide bonds. The number of carbonyl (C=O) groups excluding carboxylic acids is 1. The summed E-state index contributed by atoms with van der Waals surface area (Å²) in [6.45, 7) is 4.43. The average molecular weight is 244 g/mol. The quantitative estimate of drug-likeness (QED) is 0.789. The molecule has 0 saturated carbocycles. The zero-order chi connectivity index (χ0) is 11.4. The van der Waals surface area contributed by atoms with E-state index in [1.165, 1.54) is 0 Å². The first kappa shape index (κ1) is 12.2. The van der Waals surface area contributed by atoms with Crippen LogP contribution in [0.2, 0.25) is 0 Å². The number of thioether (sulfide) groups is 1. The lowest BCUT2D eigenvalue weighted by Crippen LogP contribution is -2.47. The smallest absolute Gasteiger partial charge is 0.240 e. The van der Waals surface area contributed by atoms with Crippen molar-refractivity contribution in [1.29, 1.82) is 0 Å². The van der Waals surface area contributed by atoms with Crippen molar-refractivity contribution in [3.05, 3.63) is 0 Å². The van der Waals surface area contributed by atoms with Crippen LogP contribution in [0.15, 0.2) is 0 Å². The molecule has 5 heteroatoms. The van der Waals surface area contributed by atoms with E-state index in [-0.39, 0.29) is 18.1 Å². The molecule has 2 heterocycles. The van der Waals surface area contributed by atoms with Crippen LogP contribution in [-0.2, 0) is 9.53 Å². The van der Waals surface area contributed by atoms with E-state index in [0.717, 1.165) is 44.2 Å². The van der Waals surface area contributed by atoms with Crippen LogP contribution in [0.25, 0.3) is 0 Å². The van der Waals surface area contributed by atoms with Crippen LogP contribution >= 0.6 is 11.8 Å². The monoisotopic (exact) mass is 244 g/mol. The maximum absolute atomic E-state index is 12.2. The number of ether oxygens (including phenoxy) is 1. The minimum Gasteiger partial charge on any atom is -0.376 e. The van der Waals surface area contributed by atoms with Crippen LogP contribution in [0.1, 0.15) is 19.8 Å². The van der Waals surface area contributed by atoms with Crippen molar-refractivity contribution in [3.8, 4) is 0 Å². The molecule has 2 unspecified atom stereocenters. The van der Waals surface area contributed by atoms with Gasteiger partial charge in [-0.2, -0.15) is 0 Å². The summed E-state index contributed by atoms with van der Waals surface area (Å²) in [5.74, 6) is 2.04. The van der Waals surface area contributed by atoms with E-state index in [2.05, 4.69) is 5.32 Å². The van der Waals surface area contributed by atoms with E-state index in [1.54, 1.807) is 11.8 Å². The van der Waals surface area contributed by atoms with Gasteiger partial charge >= 0.3 is 0 Å². The number of nitrogens with one attached hydrogen (secondary N) is 1. The molecule has 2 aliphatic rings. The molecule has 92 valence electrons. The third kappa shape index (κ3) is 2.90. The Balaban J connectivity index is 1.84. The molecule has 16 heavy (non-hydrogen) atoms. The molecule has 0 aliphatic carbocycles. The number of hydrogen-bond donors (Lipinski definition) is 1. The van der Waals surface area contributed by atoms with Gasteiger partial charge in [-0.05, 0) is 19.8 Å². The van der Waals surface area contributed by atoms with E-state index in [1.807, 2.05) is 11.8 Å². The summed E-state index contributed by atoms with van der Waals surface area (Å²) in [5.41, 5.74) is 0. The molecule has 2 rings (SSSR count).